The molecule has 0 atom stereocenters. The van der Waals surface area contributed by atoms with E-state index >= 15 is 0 Å². The van der Waals surface area contributed by atoms with E-state index in [4.69, 9.17) is 0 Å². The SMILES string of the molecule is BC1(B)N(N=O)C(B)(B)C12CN(Cc1ccccc1)C2. The Kier molecular flexibility index (Phi) is 2.88. The number of rotatable bonds is 3. The summed E-state index contributed by atoms with van der Waals surface area (Å²) in [6, 6.07) is 10.6. The van der Waals surface area contributed by atoms with Gasteiger partial charge in [0.25, 0.3) is 0 Å². The second-order valence-corrected chi connectivity index (χ2v) is 7.22. The molecule has 0 aliphatic carbocycles. The highest BCUT2D eigenvalue weighted by Crippen LogP contribution is 2.59. The molecular formula is C12H19B4N3O. The number of likely N-dealkylation sites (tertiary alicyclic amines) is 1. The fourth-order valence-corrected chi connectivity index (χ4v) is 4.45. The molecule has 2 heterocycles. The molecule has 2 aliphatic heterocycles. The van der Waals surface area contributed by atoms with Crippen LogP contribution in [0.5, 0.6) is 0 Å². The molecule has 20 heavy (non-hydrogen) atoms. The summed E-state index contributed by atoms with van der Waals surface area (Å²) in [5, 5.41) is 4.69. The van der Waals surface area contributed by atoms with Gasteiger partial charge in [-0.2, -0.15) is 0 Å². The van der Waals surface area contributed by atoms with Crippen molar-refractivity contribution in [3.05, 3.63) is 40.8 Å². The molecule has 0 N–H and O–H groups in total. The monoisotopic (exact) mass is 265 g/mol. The van der Waals surface area contributed by atoms with Gasteiger partial charge in [0, 0.05) is 35.7 Å². The first-order valence-electron chi connectivity index (χ1n) is 7.25. The van der Waals surface area contributed by atoms with E-state index in [2.05, 4.69) is 65.8 Å². The molecular weight excluding hydrogens is 245 g/mol. The van der Waals surface area contributed by atoms with Crippen LogP contribution in [0.2, 0.25) is 0 Å². The fourth-order valence-electron chi connectivity index (χ4n) is 4.45. The van der Waals surface area contributed by atoms with Crippen molar-refractivity contribution in [2.24, 2.45) is 10.7 Å². The van der Waals surface area contributed by atoms with Crippen molar-refractivity contribution < 1.29 is 0 Å². The quantitative estimate of drug-likeness (QED) is 0.441. The second-order valence-electron chi connectivity index (χ2n) is 7.22. The predicted molar refractivity (Wildman–Crippen MR) is 91.4 cm³/mol. The Balaban J connectivity index is 1.71. The lowest BCUT2D eigenvalue weighted by molar-refractivity contribution is -0.195. The van der Waals surface area contributed by atoms with Gasteiger partial charge in [-0.25, -0.2) is 0 Å². The third-order valence-corrected chi connectivity index (χ3v) is 5.72. The number of benzene rings is 1. The van der Waals surface area contributed by atoms with Gasteiger partial charge in [-0.05, 0) is 5.56 Å². The van der Waals surface area contributed by atoms with Gasteiger partial charge in [0.05, 0.1) is 5.29 Å². The number of hydrogen-bond donors (Lipinski definition) is 0. The Hall–Kier alpha value is -1.16. The highest BCUT2D eigenvalue weighted by Gasteiger charge is 2.74. The first-order valence-corrected chi connectivity index (χ1v) is 7.25. The zero-order valence-corrected chi connectivity index (χ0v) is 12.8. The van der Waals surface area contributed by atoms with Crippen LogP contribution in [0.3, 0.4) is 0 Å². The maximum atomic E-state index is 11.1. The van der Waals surface area contributed by atoms with Crippen LogP contribution >= 0.6 is 0 Å². The number of nitrogens with zero attached hydrogens (tertiary/aromatic N) is 3. The van der Waals surface area contributed by atoms with E-state index in [1.54, 1.807) is 5.01 Å². The standard InChI is InChI=1S/C12H19B4N3O/c13-11(14)10(12(15,16)19(11)17-20)7-18(8-10)6-9-4-2-1-3-5-9/h1-5H,6-8,13-16H2. The lowest BCUT2D eigenvalue weighted by Crippen LogP contribution is -2.94. The molecule has 2 fully saturated rings. The number of nitroso groups, excluding NO2 is 1. The van der Waals surface area contributed by atoms with E-state index in [0.29, 0.717) is 0 Å². The van der Waals surface area contributed by atoms with Crippen molar-refractivity contribution in [3.63, 3.8) is 0 Å². The molecule has 100 valence electrons. The van der Waals surface area contributed by atoms with Crippen LogP contribution in [0.4, 0.5) is 0 Å². The molecule has 3 rings (SSSR count). The molecule has 2 saturated heterocycles. The minimum absolute atomic E-state index is 0.147. The Morgan fingerprint density at radius 3 is 2.10 bits per heavy atom. The molecule has 8 heteroatoms. The average molecular weight is 265 g/mol. The molecule has 1 aromatic rings. The van der Waals surface area contributed by atoms with Crippen LogP contribution in [-0.4, -0.2) is 65.1 Å². The topological polar surface area (TPSA) is 35.9 Å². The van der Waals surface area contributed by atoms with Crippen LogP contribution in [-0.2, 0) is 6.54 Å². The van der Waals surface area contributed by atoms with Gasteiger partial charge < -0.3 is 0 Å². The zero-order chi connectivity index (χ0) is 14.6. The first-order chi connectivity index (χ1) is 9.35. The summed E-state index contributed by atoms with van der Waals surface area (Å²) in [5.74, 6) is 0. The van der Waals surface area contributed by atoms with Crippen LogP contribution in [0.1, 0.15) is 5.56 Å². The Morgan fingerprint density at radius 1 is 1.05 bits per heavy atom. The summed E-state index contributed by atoms with van der Waals surface area (Å²) in [6.07, 6.45) is 0. The van der Waals surface area contributed by atoms with E-state index in [0.717, 1.165) is 19.6 Å². The summed E-state index contributed by atoms with van der Waals surface area (Å²) in [5.41, 5.74) is 1.52. The van der Waals surface area contributed by atoms with Gasteiger partial charge in [-0.3, -0.25) is 9.91 Å². The molecule has 1 aromatic carbocycles. The van der Waals surface area contributed by atoms with Crippen molar-refractivity contribution in [2.75, 3.05) is 13.1 Å². The van der Waals surface area contributed by atoms with Crippen LogP contribution in [0, 0.1) is 10.3 Å². The van der Waals surface area contributed by atoms with Crippen molar-refractivity contribution in [3.8, 4) is 0 Å². The molecule has 2 aliphatic rings. The smallest absolute Gasteiger partial charge is 0.127 e. The van der Waals surface area contributed by atoms with Crippen molar-refractivity contribution >= 4 is 31.4 Å². The van der Waals surface area contributed by atoms with E-state index < -0.39 is 0 Å². The third kappa shape index (κ3) is 1.51. The van der Waals surface area contributed by atoms with Gasteiger partial charge in [0.2, 0.25) is 0 Å². The molecule has 0 aromatic heterocycles. The molecule has 0 amide bonds. The van der Waals surface area contributed by atoms with Crippen molar-refractivity contribution in [2.45, 2.75) is 17.2 Å². The summed E-state index contributed by atoms with van der Waals surface area (Å²) >= 11 is 0. The summed E-state index contributed by atoms with van der Waals surface area (Å²) in [7, 11) is 8.55. The Morgan fingerprint density at radius 2 is 1.60 bits per heavy atom. The highest BCUT2D eigenvalue weighted by molar-refractivity contribution is 6.49. The minimum atomic E-state index is -0.147. The van der Waals surface area contributed by atoms with E-state index in [9.17, 15) is 4.91 Å². The second kappa shape index (κ2) is 4.17. The van der Waals surface area contributed by atoms with E-state index in [-0.39, 0.29) is 16.1 Å². The van der Waals surface area contributed by atoms with Crippen molar-refractivity contribution in [1.82, 2.24) is 9.91 Å². The zero-order valence-electron chi connectivity index (χ0n) is 12.8. The van der Waals surface area contributed by atoms with Crippen LogP contribution in [0.15, 0.2) is 35.6 Å². The fraction of sp³-hybridized carbons (Fsp3) is 0.500. The highest BCUT2D eigenvalue weighted by atomic mass is 16.3. The molecule has 0 unspecified atom stereocenters. The predicted octanol–water partition coefficient (Wildman–Crippen LogP) is -2.67. The third-order valence-electron chi connectivity index (χ3n) is 5.72. The lowest BCUT2D eigenvalue weighted by atomic mass is 9.25. The Bertz CT molecular complexity index is 513. The minimum Gasteiger partial charge on any atom is -0.298 e. The normalized spacial score (nSPS) is 25.7. The summed E-state index contributed by atoms with van der Waals surface area (Å²) in [4.78, 5) is 13.5. The molecule has 0 radical (unpaired) electrons. The van der Waals surface area contributed by atoms with Crippen LogP contribution < -0.4 is 0 Å². The maximum absolute atomic E-state index is 11.1. The molecule has 0 saturated carbocycles. The summed E-state index contributed by atoms with van der Waals surface area (Å²) in [6.45, 7) is 3.06. The van der Waals surface area contributed by atoms with Crippen LogP contribution in [0.25, 0.3) is 0 Å². The van der Waals surface area contributed by atoms with E-state index in [1.807, 2.05) is 6.07 Å². The largest absolute Gasteiger partial charge is 0.298 e. The molecule has 4 nitrogen and oxygen atoms in total. The van der Waals surface area contributed by atoms with Gasteiger partial charge >= 0.3 is 0 Å². The van der Waals surface area contributed by atoms with E-state index in [1.165, 1.54) is 5.56 Å². The number of hydrogen-bond acceptors (Lipinski definition) is 3. The van der Waals surface area contributed by atoms with Gasteiger partial charge in [0.1, 0.15) is 31.4 Å². The Labute approximate surface area is 123 Å². The molecule has 0 bridgehead atoms. The maximum Gasteiger partial charge on any atom is 0.127 e. The van der Waals surface area contributed by atoms with Gasteiger partial charge in [0.15, 0.2) is 0 Å². The molecule has 1 spiro atoms. The van der Waals surface area contributed by atoms with Gasteiger partial charge in [-0.1, -0.05) is 30.3 Å². The lowest BCUT2D eigenvalue weighted by Gasteiger charge is -2.79. The van der Waals surface area contributed by atoms with Crippen molar-refractivity contribution in [1.29, 1.82) is 0 Å². The average Bonchev–Trinajstić information content (AvgIpc) is 2.33. The summed E-state index contributed by atoms with van der Waals surface area (Å²) < 4.78 is 0. The first kappa shape index (κ1) is 13.8. The van der Waals surface area contributed by atoms with Gasteiger partial charge in [-0.15, -0.1) is 4.91 Å².